The Balaban J connectivity index is 3.68. The average molecular weight is 393 g/mol. The fourth-order valence-electron chi connectivity index (χ4n) is 3.49. The van der Waals surface area contributed by atoms with Crippen LogP contribution < -0.4 is 0 Å². The summed E-state index contributed by atoms with van der Waals surface area (Å²) in [4.78, 5) is 0. The van der Waals surface area contributed by atoms with Crippen molar-refractivity contribution in [1.82, 2.24) is 0 Å². The molecule has 5 heteroatoms. The largest absolute Gasteiger partial charge is 0.396 e. The fraction of sp³-hybridized carbons (Fsp3) is 1.00. The summed E-state index contributed by atoms with van der Waals surface area (Å²) in [5, 5.41) is 8.16. The molecule has 0 aromatic rings. The van der Waals surface area contributed by atoms with Gasteiger partial charge in [0.15, 0.2) is 0 Å². The summed E-state index contributed by atoms with van der Waals surface area (Å²) in [5.41, 5.74) is 0. The summed E-state index contributed by atoms with van der Waals surface area (Å²) in [6.45, 7) is 2.50. The van der Waals surface area contributed by atoms with Gasteiger partial charge in [0.2, 0.25) is 0 Å². The second-order valence-corrected chi connectivity index (χ2v) is 9.44. The molecular formula is C21H44O4S. The number of rotatable bonds is 20. The number of aliphatic hydroxyl groups is 1. The van der Waals surface area contributed by atoms with Gasteiger partial charge in [-0.2, -0.15) is 8.42 Å². The Morgan fingerprint density at radius 3 is 1.31 bits per heavy atom. The van der Waals surface area contributed by atoms with Gasteiger partial charge in [-0.15, -0.1) is 0 Å². The van der Waals surface area contributed by atoms with Crippen LogP contribution >= 0.6 is 0 Å². The van der Waals surface area contributed by atoms with E-state index in [0.717, 1.165) is 44.9 Å². The van der Waals surface area contributed by atoms with Gasteiger partial charge in [0, 0.05) is 6.61 Å². The SMILES string of the molecule is CCCCCCCCCCC(CCCCCCCCCCO)S(=O)(=O)O. The third-order valence-corrected chi connectivity index (χ3v) is 6.55. The highest BCUT2D eigenvalue weighted by molar-refractivity contribution is 7.86. The minimum atomic E-state index is -3.90. The smallest absolute Gasteiger partial charge is 0.267 e. The minimum Gasteiger partial charge on any atom is -0.396 e. The van der Waals surface area contributed by atoms with Gasteiger partial charge >= 0.3 is 0 Å². The Morgan fingerprint density at radius 2 is 0.962 bits per heavy atom. The van der Waals surface area contributed by atoms with E-state index < -0.39 is 15.4 Å². The molecule has 0 bridgehead atoms. The van der Waals surface area contributed by atoms with Crippen molar-refractivity contribution in [2.24, 2.45) is 0 Å². The predicted molar refractivity (Wildman–Crippen MR) is 111 cm³/mol. The first-order valence-electron chi connectivity index (χ1n) is 11.1. The maximum atomic E-state index is 11.6. The summed E-state index contributed by atoms with van der Waals surface area (Å²) in [6, 6.07) is 0. The quantitative estimate of drug-likeness (QED) is 0.189. The summed E-state index contributed by atoms with van der Waals surface area (Å²) in [6.07, 6.45) is 19.4. The molecule has 0 amide bonds. The molecule has 0 aliphatic heterocycles. The lowest BCUT2D eigenvalue weighted by Crippen LogP contribution is -2.20. The molecule has 158 valence electrons. The summed E-state index contributed by atoms with van der Waals surface area (Å²) in [5.74, 6) is 0. The molecule has 26 heavy (non-hydrogen) atoms. The van der Waals surface area contributed by atoms with Crippen molar-refractivity contribution < 1.29 is 18.1 Å². The van der Waals surface area contributed by atoms with Crippen LogP contribution in [0.4, 0.5) is 0 Å². The van der Waals surface area contributed by atoms with E-state index in [4.69, 9.17) is 5.11 Å². The van der Waals surface area contributed by atoms with Gasteiger partial charge in [-0.1, -0.05) is 103 Å². The topological polar surface area (TPSA) is 74.6 Å². The van der Waals surface area contributed by atoms with Crippen molar-refractivity contribution in [2.75, 3.05) is 6.61 Å². The van der Waals surface area contributed by atoms with Crippen LogP contribution in [-0.4, -0.2) is 29.9 Å². The average Bonchev–Trinajstić information content (AvgIpc) is 2.59. The predicted octanol–water partition coefficient (Wildman–Crippen LogP) is 6.28. The van der Waals surface area contributed by atoms with Crippen molar-refractivity contribution in [3.63, 3.8) is 0 Å². The van der Waals surface area contributed by atoms with Gasteiger partial charge in [0.25, 0.3) is 10.1 Å². The minimum absolute atomic E-state index is 0.288. The molecule has 0 radical (unpaired) electrons. The maximum absolute atomic E-state index is 11.6. The Labute approximate surface area is 162 Å². The molecule has 0 aliphatic carbocycles. The second-order valence-electron chi connectivity index (χ2n) is 7.74. The first kappa shape index (κ1) is 25.9. The molecule has 4 nitrogen and oxygen atoms in total. The molecule has 2 N–H and O–H groups in total. The maximum Gasteiger partial charge on any atom is 0.267 e. The first-order valence-corrected chi connectivity index (χ1v) is 12.6. The molecule has 1 unspecified atom stereocenters. The highest BCUT2D eigenvalue weighted by atomic mass is 32.2. The van der Waals surface area contributed by atoms with Gasteiger partial charge in [-0.05, 0) is 19.3 Å². The lowest BCUT2D eigenvalue weighted by molar-refractivity contribution is 0.282. The zero-order valence-corrected chi connectivity index (χ0v) is 17.9. The van der Waals surface area contributed by atoms with E-state index >= 15 is 0 Å². The Kier molecular flexibility index (Phi) is 18.2. The molecular weight excluding hydrogens is 348 g/mol. The summed E-state index contributed by atoms with van der Waals surface area (Å²) < 4.78 is 32.6. The molecule has 0 aliphatic rings. The van der Waals surface area contributed by atoms with E-state index in [-0.39, 0.29) is 6.61 Å². The zero-order valence-electron chi connectivity index (χ0n) is 17.1. The number of hydrogen-bond acceptors (Lipinski definition) is 3. The second kappa shape index (κ2) is 18.2. The monoisotopic (exact) mass is 392 g/mol. The number of unbranched alkanes of at least 4 members (excludes halogenated alkanes) is 14. The van der Waals surface area contributed by atoms with E-state index in [9.17, 15) is 13.0 Å². The van der Waals surface area contributed by atoms with E-state index in [1.807, 2.05) is 0 Å². The zero-order chi connectivity index (χ0) is 19.5. The van der Waals surface area contributed by atoms with Crippen molar-refractivity contribution in [2.45, 2.75) is 128 Å². The van der Waals surface area contributed by atoms with Gasteiger partial charge in [-0.25, -0.2) is 0 Å². The van der Waals surface area contributed by atoms with Crippen molar-refractivity contribution in [1.29, 1.82) is 0 Å². The third-order valence-electron chi connectivity index (χ3n) is 5.24. The van der Waals surface area contributed by atoms with Crippen LogP contribution in [0.15, 0.2) is 0 Å². The van der Waals surface area contributed by atoms with E-state index in [0.29, 0.717) is 12.8 Å². The van der Waals surface area contributed by atoms with Gasteiger partial charge in [0.05, 0.1) is 5.25 Å². The van der Waals surface area contributed by atoms with E-state index in [1.165, 1.54) is 57.8 Å². The van der Waals surface area contributed by atoms with Crippen LogP contribution in [-0.2, 0) is 10.1 Å². The fourth-order valence-corrected chi connectivity index (χ4v) is 4.42. The van der Waals surface area contributed by atoms with Crippen LogP contribution in [0.5, 0.6) is 0 Å². The van der Waals surface area contributed by atoms with Gasteiger partial charge in [0.1, 0.15) is 0 Å². The molecule has 0 aromatic carbocycles. The lowest BCUT2D eigenvalue weighted by atomic mass is 10.0. The standard InChI is InChI=1S/C21H44O4S/c1-2-3-4-5-6-9-12-15-18-21(26(23,24)25)19-16-13-10-7-8-11-14-17-20-22/h21-22H,2-20H2,1H3,(H,23,24,25). The Morgan fingerprint density at radius 1 is 0.615 bits per heavy atom. The van der Waals surface area contributed by atoms with Crippen LogP contribution in [0.2, 0.25) is 0 Å². The first-order chi connectivity index (χ1) is 12.5. The van der Waals surface area contributed by atoms with Crippen molar-refractivity contribution in [3.05, 3.63) is 0 Å². The van der Waals surface area contributed by atoms with E-state index in [2.05, 4.69) is 6.92 Å². The molecule has 0 aromatic heterocycles. The van der Waals surface area contributed by atoms with Crippen molar-refractivity contribution in [3.8, 4) is 0 Å². The Bertz CT molecular complexity index is 381. The van der Waals surface area contributed by atoms with Crippen LogP contribution in [0.1, 0.15) is 122 Å². The van der Waals surface area contributed by atoms with E-state index in [1.54, 1.807) is 0 Å². The molecule has 0 fully saturated rings. The lowest BCUT2D eigenvalue weighted by Gasteiger charge is -2.13. The van der Waals surface area contributed by atoms with Crippen LogP contribution in [0.25, 0.3) is 0 Å². The molecule has 1 atom stereocenters. The highest BCUT2D eigenvalue weighted by Gasteiger charge is 2.21. The highest BCUT2D eigenvalue weighted by Crippen LogP contribution is 2.19. The van der Waals surface area contributed by atoms with Crippen LogP contribution in [0, 0.1) is 0 Å². The molecule has 0 spiro atoms. The van der Waals surface area contributed by atoms with Crippen LogP contribution in [0.3, 0.4) is 0 Å². The summed E-state index contributed by atoms with van der Waals surface area (Å²) in [7, 11) is -3.90. The third kappa shape index (κ3) is 17.3. The normalized spacial score (nSPS) is 13.2. The molecule has 0 saturated heterocycles. The van der Waals surface area contributed by atoms with Gasteiger partial charge in [-0.3, -0.25) is 4.55 Å². The number of hydrogen-bond donors (Lipinski definition) is 2. The van der Waals surface area contributed by atoms with Gasteiger partial charge < -0.3 is 5.11 Å². The molecule has 0 heterocycles. The molecule has 0 rings (SSSR count). The summed E-state index contributed by atoms with van der Waals surface area (Å²) >= 11 is 0. The number of aliphatic hydroxyl groups excluding tert-OH is 1. The van der Waals surface area contributed by atoms with Crippen molar-refractivity contribution >= 4 is 10.1 Å². The molecule has 0 saturated carbocycles. The Hall–Kier alpha value is -0.130.